The average molecular weight is 412 g/mol. The Kier molecular flexibility index (Phi) is 19.2. The van der Waals surface area contributed by atoms with E-state index < -0.39 is 0 Å². The van der Waals surface area contributed by atoms with Gasteiger partial charge in [0.25, 0.3) is 0 Å². The molecule has 0 bridgehead atoms. The summed E-state index contributed by atoms with van der Waals surface area (Å²) in [6, 6.07) is 21.7. The first-order chi connectivity index (χ1) is 13.9. The van der Waals surface area contributed by atoms with Crippen LogP contribution in [-0.4, -0.2) is 12.0 Å². The van der Waals surface area contributed by atoms with Crippen LogP contribution < -0.4 is 0 Å². The molecule has 0 aliphatic heterocycles. The summed E-state index contributed by atoms with van der Waals surface area (Å²) in [5.74, 6) is 0. The molecule has 0 aromatic heterocycles. The smallest absolute Gasteiger partial charge is 0.422 e. The van der Waals surface area contributed by atoms with E-state index >= 15 is 0 Å². The topological polar surface area (TPSA) is 69.3 Å². The van der Waals surface area contributed by atoms with E-state index in [1.807, 2.05) is 101 Å². The Labute approximate surface area is 190 Å². The van der Waals surface area contributed by atoms with Crippen LogP contribution in [0, 0.1) is 64.2 Å². The van der Waals surface area contributed by atoms with Gasteiger partial charge in [-0.15, -0.1) is 0 Å². The van der Waals surface area contributed by atoms with Gasteiger partial charge in [0.05, 0.1) is 0 Å². The van der Waals surface area contributed by atoms with Crippen molar-refractivity contribution in [1.29, 1.82) is 0 Å². The molecule has 2 fully saturated rings. The van der Waals surface area contributed by atoms with Gasteiger partial charge in [0, 0.05) is 0 Å². The third-order valence-corrected chi connectivity index (χ3v) is 2.98. The molecule has 29 heavy (non-hydrogen) atoms. The summed E-state index contributed by atoms with van der Waals surface area (Å²) >= 11 is 0. The van der Waals surface area contributed by atoms with E-state index in [1.165, 1.54) is 0 Å². The molecule has 0 spiro atoms. The molecule has 2 aromatic rings. The van der Waals surface area contributed by atoms with Crippen LogP contribution in [0.1, 0.15) is 0 Å². The van der Waals surface area contributed by atoms with Crippen molar-refractivity contribution in [3.8, 4) is 0 Å². The fraction of sp³-hybridized carbons (Fsp3) is 0. The summed E-state index contributed by atoms with van der Waals surface area (Å²) in [4.78, 5) is 7.02. The molecule has 0 heterocycles. The maximum Gasteiger partial charge on any atom is 4.00 e. The summed E-state index contributed by atoms with van der Waals surface area (Å²) in [7, 11) is 0. The number of rotatable bonds is 2. The normalized spacial score (nSPS) is 13.2. The van der Waals surface area contributed by atoms with Crippen molar-refractivity contribution in [2.24, 2.45) is 9.98 Å². The van der Waals surface area contributed by atoms with Gasteiger partial charge in [-0.3, -0.25) is 0 Å². The maximum atomic E-state index is 8.10. The van der Waals surface area contributed by atoms with Gasteiger partial charge in [-0.25, -0.2) is 0 Å². The number of benzene rings is 2. The first-order valence-electron chi connectivity index (χ1n) is 8.50. The van der Waals surface area contributed by atoms with E-state index in [2.05, 4.69) is 9.98 Å². The Hall–Kier alpha value is -2.09. The van der Waals surface area contributed by atoms with Gasteiger partial charge in [0.15, 0.2) is 0 Å². The van der Waals surface area contributed by atoms with Crippen molar-refractivity contribution in [3.63, 3.8) is 0 Å². The Balaban J connectivity index is 0.000000369. The first-order valence-corrected chi connectivity index (χ1v) is 8.50. The fourth-order valence-electron chi connectivity index (χ4n) is 1.76. The van der Waals surface area contributed by atoms with E-state index in [9.17, 15) is 0 Å². The van der Waals surface area contributed by atoms with Crippen LogP contribution in [0.25, 0.3) is 10.8 Å². The fourth-order valence-corrected chi connectivity index (χ4v) is 1.76. The van der Waals surface area contributed by atoms with E-state index in [1.54, 1.807) is 36.3 Å². The molecule has 138 valence electrons. The van der Waals surface area contributed by atoms with Crippen molar-refractivity contribution in [2.45, 2.75) is 0 Å². The largest absolute Gasteiger partial charge is 4.00 e. The first kappa shape index (κ1) is 26.9. The van der Waals surface area contributed by atoms with Crippen molar-refractivity contribution in [2.75, 3.05) is 0 Å². The molecule has 10 radical (unpaired) electrons. The molecular weight excluding hydrogens is 392 g/mol. The summed E-state index contributed by atoms with van der Waals surface area (Å²) in [5.41, 5.74) is 1.42. The summed E-state index contributed by atoms with van der Waals surface area (Å²) in [6.07, 6.45) is 20.0. The van der Waals surface area contributed by atoms with Crippen LogP contribution in [0.5, 0.6) is 0 Å². The van der Waals surface area contributed by atoms with Crippen molar-refractivity contribution in [1.82, 2.24) is 0 Å². The average Bonchev–Trinajstić information content (AvgIpc) is 3.50. The molecule has 2 aromatic carbocycles. The minimum absolute atomic E-state index is 0. The van der Waals surface area contributed by atoms with Crippen LogP contribution in [0.15, 0.2) is 70.6 Å². The van der Waals surface area contributed by atoms with Crippen molar-refractivity contribution < 1.29 is 21.7 Å². The monoisotopic (exact) mass is 412 g/mol. The Morgan fingerprint density at radius 3 is 0.897 bits per heavy atom. The molecule has 5 heteroatoms. The molecule has 0 unspecified atom stereocenters. The molecule has 2 aliphatic carbocycles. The summed E-state index contributed by atoms with van der Waals surface area (Å²) in [6.45, 7) is 0. The van der Waals surface area contributed by atoms with Crippen LogP contribution in [0.2, 0.25) is 0 Å². The Bertz CT molecular complexity index is 619. The number of hydrogen-bond acceptors (Lipinski definition) is 2. The van der Waals surface area contributed by atoms with Crippen LogP contribution >= 0.6 is 0 Å². The predicted octanol–water partition coefficient (Wildman–Crippen LogP) is 6.16. The van der Waals surface area contributed by atoms with Crippen LogP contribution in [-0.2, 0) is 21.7 Å². The maximum absolute atomic E-state index is 8.10. The second kappa shape index (κ2) is 20.6. The molecule has 0 saturated heterocycles. The van der Waals surface area contributed by atoms with Gasteiger partial charge in [-0.1, -0.05) is 60.7 Å². The quantitative estimate of drug-likeness (QED) is 0.419. The zero-order valence-electron chi connectivity index (χ0n) is 15.8. The number of aliphatic imine (C=N–C) groups is 2. The van der Waals surface area contributed by atoms with Crippen molar-refractivity contribution >= 4 is 23.4 Å². The van der Waals surface area contributed by atoms with Gasteiger partial charge >= 0.3 is 21.7 Å². The number of nitrogens with zero attached hydrogens (tertiary/aromatic N) is 4. The SMILES string of the molecule is [CH]1[CH][CH][CH][CH]1.[CH]1[CH][CH][CH][CH]1.[N-]=C=Nc1ccccc1.[N-]=C=Nc1ccccc1.[Ti+4]. The van der Waals surface area contributed by atoms with Gasteiger partial charge in [-0.05, 0) is 75.6 Å². The molecule has 0 N–H and O–H groups in total. The predicted molar refractivity (Wildman–Crippen MR) is 117 cm³/mol. The van der Waals surface area contributed by atoms with Gasteiger partial charge in [0.1, 0.15) is 0 Å². The molecule has 2 aliphatic rings. The van der Waals surface area contributed by atoms with E-state index in [0.717, 1.165) is 0 Å². The van der Waals surface area contributed by atoms with Crippen LogP contribution in [0.3, 0.4) is 0 Å². The molecule has 4 rings (SSSR count). The second-order valence-corrected chi connectivity index (χ2v) is 5.02. The zero-order chi connectivity index (χ0) is 20.1. The number of hydrogen-bond donors (Lipinski definition) is 0. The van der Waals surface area contributed by atoms with Crippen molar-refractivity contribution in [3.05, 3.63) is 136 Å². The third-order valence-electron chi connectivity index (χ3n) is 2.98. The van der Waals surface area contributed by atoms with Gasteiger partial charge in [0.2, 0.25) is 0 Å². The Morgan fingerprint density at radius 2 is 0.690 bits per heavy atom. The molecule has 2 saturated carbocycles. The number of para-hydroxylation sites is 2. The third kappa shape index (κ3) is 16.6. The minimum Gasteiger partial charge on any atom is -0.422 e. The molecule has 0 amide bonds. The second-order valence-electron chi connectivity index (χ2n) is 5.02. The molecule has 4 nitrogen and oxygen atoms in total. The molecular formula is C24H20N4Ti+2. The van der Waals surface area contributed by atoms with Crippen LogP contribution in [0.4, 0.5) is 11.4 Å². The van der Waals surface area contributed by atoms with E-state index in [4.69, 9.17) is 10.8 Å². The summed E-state index contributed by atoms with van der Waals surface area (Å²) < 4.78 is 0. The van der Waals surface area contributed by atoms with E-state index in [-0.39, 0.29) is 21.7 Å². The van der Waals surface area contributed by atoms with Gasteiger partial charge < -0.3 is 20.8 Å². The van der Waals surface area contributed by atoms with Gasteiger partial charge in [-0.2, -0.15) is 12.0 Å². The standard InChI is InChI=1S/2C7H5N2.2C5H5.Ti/c2*8-6-9-7-4-2-1-3-5-7;2*1-2-4-5-3-1;/h2*1-5H;2*1-5H;/q2*-1;;;+4. The van der Waals surface area contributed by atoms with E-state index in [0.29, 0.717) is 11.4 Å². The minimum atomic E-state index is 0. The Morgan fingerprint density at radius 1 is 0.448 bits per heavy atom. The summed E-state index contributed by atoms with van der Waals surface area (Å²) in [5, 5.41) is 16.2. The molecule has 0 atom stereocenters. The zero-order valence-corrected chi connectivity index (χ0v) is 17.4.